The third-order valence-corrected chi connectivity index (χ3v) is 3.22. The Labute approximate surface area is 86.3 Å². The molecule has 2 aliphatic rings. The van der Waals surface area contributed by atoms with Crippen molar-refractivity contribution in [2.45, 2.75) is 31.5 Å². The van der Waals surface area contributed by atoms with E-state index in [0.717, 1.165) is 12.8 Å². The van der Waals surface area contributed by atoms with Crippen molar-refractivity contribution < 1.29 is 18.3 Å². The van der Waals surface area contributed by atoms with Crippen molar-refractivity contribution in [3.63, 3.8) is 0 Å². The van der Waals surface area contributed by atoms with Crippen molar-refractivity contribution in [1.82, 2.24) is 0 Å². The first-order chi connectivity index (χ1) is 6.97. The Bertz CT molecular complexity index is 297. The van der Waals surface area contributed by atoms with E-state index < -0.39 is 11.7 Å². The highest BCUT2D eigenvalue weighted by Gasteiger charge is 2.36. The fourth-order valence-corrected chi connectivity index (χ4v) is 2.18. The molecule has 2 rings (SSSR count). The van der Waals surface area contributed by atoms with Gasteiger partial charge in [-0.15, -0.1) is 0 Å². The van der Waals surface area contributed by atoms with Crippen LogP contribution < -0.4 is 0 Å². The topological polar surface area (TPSA) is 20.2 Å². The van der Waals surface area contributed by atoms with Gasteiger partial charge in [-0.3, -0.25) is 0 Å². The number of rotatable bonds is 1. The summed E-state index contributed by atoms with van der Waals surface area (Å²) in [4.78, 5) is 0. The van der Waals surface area contributed by atoms with Crippen LogP contribution in [-0.2, 0) is 0 Å². The van der Waals surface area contributed by atoms with Gasteiger partial charge in [0.25, 0.3) is 0 Å². The smallest absolute Gasteiger partial charge is 0.393 e. The van der Waals surface area contributed by atoms with E-state index in [2.05, 4.69) is 0 Å². The van der Waals surface area contributed by atoms with Gasteiger partial charge in [0.2, 0.25) is 0 Å². The summed E-state index contributed by atoms with van der Waals surface area (Å²) in [5.41, 5.74) is -0.543. The van der Waals surface area contributed by atoms with Crippen LogP contribution in [0.1, 0.15) is 19.3 Å². The Balaban J connectivity index is 1.93. The van der Waals surface area contributed by atoms with E-state index in [1.165, 1.54) is 12.2 Å². The van der Waals surface area contributed by atoms with Gasteiger partial charge in [0.1, 0.15) is 0 Å². The minimum atomic E-state index is -4.22. The molecule has 0 amide bonds. The van der Waals surface area contributed by atoms with Gasteiger partial charge in [0.05, 0.1) is 11.7 Å². The maximum Gasteiger partial charge on any atom is 0.416 e. The summed E-state index contributed by atoms with van der Waals surface area (Å²) in [5, 5.41) is 9.11. The van der Waals surface area contributed by atoms with E-state index in [0.29, 0.717) is 12.3 Å². The maximum atomic E-state index is 12.3. The van der Waals surface area contributed by atoms with Gasteiger partial charge in [-0.25, -0.2) is 0 Å². The van der Waals surface area contributed by atoms with Crippen LogP contribution in [0.2, 0.25) is 0 Å². The van der Waals surface area contributed by atoms with Crippen LogP contribution in [0, 0.1) is 11.8 Å². The first-order valence-corrected chi connectivity index (χ1v) is 5.10. The van der Waals surface area contributed by atoms with Crippen LogP contribution in [0.3, 0.4) is 0 Å². The molecule has 4 heteroatoms. The predicted octanol–water partition coefficient (Wildman–Crippen LogP) is 2.82. The molecule has 0 radical (unpaired) electrons. The average Bonchev–Trinajstić information content (AvgIpc) is 2.12. The predicted molar refractivity (Wildman–Crippen MR) is 50.1 cm³/mol. The van der Waals surface area contributed by atoms with Gasteiger partial charge >= 0.3 is 6.18 Å². The van der Waals surface area contributed by atoms with E-state index in [9.17, 15) is 13.2 Å². The fraction of sp³-hybridized carbons (Fsp3) is 0.636. The van der Waals surface area contributed by atoms with Crippen molar-refractivity contribution in [2.24, 2.45) is 11.8 Å². The fourth-order valence-electron chi connectivity index (χ4n) is 2.18. The first kappa shape index (κ1) is 10.7. The van der Waals surface area contributed by atoms with Crippen LogP contribution in [0.5, 0.6) is 0 Å². The van der Waals surface area contributed by atoms with Crippen molar-refractivity contribution in [1.29, 1.82) is 0 Å². The van der Waals surface area contributed by atoms with Crippen LogP contribution in [0.15, 0.2) is 23.8 Å². The number of aliphatic hydroxyl groups is 1. The molecule has 0 aromatic heterocycles. The highest BCUT2D eigenvalue weighted by molar-refractivity contribution is 5.28. The van der Waals surface area contributed by atoms with Crippen molar-refractivity contribution in [3.8, 4) is 0 Å². The summed E-state index contributed by atoms with van der Waals surface area (Å²) in [7, 11) is 0. The third-order valence-electron chi connectivity index (χ3n) is 3.22. The van der Waals surface area contributed by atoms with Crippen LogP contribution in [0.25, 0.3) is 0 Å². The van der Waals surface area contributed by atoms with Gasteiger partial charge in [0, 0.05) is 0 Å². The Hall–Kier alpha value is -0.770. The summed E-state index contributed by atoms with van der Waals surface area (Å²) in [5.74, 6) is 0.543. The molecule has 15 heavy (non-hydrogen) atoms. The Morgan fingerprint density at radius 1 is 1.27 bits per heavy atom. The van der Waals surface area contributed by atoms with E-state index in [-0.39, 0.29) is 12.0 Å². The highest BCUT2D eigenvalue weighted by Crippen LogP contribution is 2.40. The summed E-state index contributed by atoms with van der Waals surface area (Å²) in [6.07, 6.45) is 1.50. The van der Waals surface area contributed by atoms with Crippen LogP contribution in [0.4, 0.5) is 13.2 Å². The largest absolute Gasteiger partial charge is 0.416 e. The normalized spacial score (nSPS) is 36.0. The number of hydrogen-bond donors (Lipinski definition) is 1. The van der Waals surface area contributed by atoms with E-state index in [1.54, 1.807) is 6.08 Å². The molecule has 0 aliphatic heterocycles. The number of halogens is 3. The molecule has 84 valence electrons. The number of allylic oxidation sites excluding steroid dienone is 4. The molecule has 0 heterocycles. The summed E-state index contributed by atoms with van der Waals surface area (Å²) < 4.78 is 36.8. The molecular weight excluding hydrogens is 205 g/mol. The summed E-state index contributed by atoms with van der Waals surface area (Å²) >= 11 is 0. The first-order valence-electron chi connectivity index (χ1n) is 5.10. The second-order valence-electron chi connectivity index (χ2n) is 4.30. The molecular formula is C11H13F3O. The lowest BCUT2D eigenvalue weighted by Gasteiger charge is -2.37. The van der Waals surface area contributed by atoms with E-state index >= 15 is 0 Å². The van der Waals surface area contributed by atoms with E-state index in [4.69, 9.17) is 5.11 Å². The van der Waals surface area contributed by atoms with Gasteiger partial charge in [0.15, 0.2) is 0 Å². The van der Waals surface area contributed by atoms with Gasteiger partial charge in [-0.2, -0.15) is 13.2 Å². The molecule has 2 aliphatic carbocycles. The maximum absolute atomic E-state index is 12.3. The van der Waals surface area contributed by atoms with Gasteiger partial charge in [-0.05, 0) is 31.1 Å². The minimum absolute atomic E-state index is 0.180. The zero-order valence-electron chi connectivity index (χ0n) is 8.17. The molecule has 0 bridgehead atoms. The molecule has 1 nitrogen and oxygen atoms in total. The number of alkyl halides is 3. The zero-order chi connectivity index (χ0) is 11.1. The molecule has 0 saturated heterocycles. The number of aliphatic hydroxyl groups excluding tert-OH is 1. The van der Waals surface area contributed by atoms with Crippen molar-refractivity contribution >= 4 is 0 Å². The molecule has 0 spiro atoms. The van der Waals surface area contributed by atoms with Crippen LogP contribution >= 0.6 is 0 Å². The lowest BCUT2D eigenvalue weighted by Crippen LogP contribution is -2.33. The lowest BCUT2D eigenvalue weighted by atomic mass is 9.71. The average molecular weight is 218 g/mol. The standard InChI is InChI=1S/C11H13F3O/c12-11(13,14)9-3-1-7(2-4-9)8-5-10(15)6-8/h1,3-4,7-8,10,15H,2,5-6H2. The van der Waals surface area contributed by atoms with Crippen LogP contribution in [-0.4, -0.2) is 17.4 Å². The lowest BCUT2D eigenvalue weighted by molar-refractivity contribution is -0.0889. The molecule has 1 saturated carbocycles. The Kier molecular flexibility index (Phi) is 2.63. The minimum Gasteiger partial charge on any atom is -0.393 e. The third kappa shape index (κ3) is 2.25. The molecule has 0 aromatic carbocycles. The molecule has 1 N–H and O–H groups in total. The molecule has 0 aromatic rings. The van der Waals surface area contributed by atoms with Gasteiger partial charge in [-0.1, -0.05) is 18.2 Å². The highest BCUT2D eigenvalue weighted by atomic mass is 19.4. The second-order valence-corrected chi connectivity index (χ2v) is 4.30. The van der Waals surface area contributed by atoms with Crippen molar-refractivity contribution in [3.05, 3.63) is 23.8 Å². The Morgan fingerprint density at radius 2 is 1.93 bits per heavy atom. The number of hydrogen-bond acceptors (Lipinski definition) is 1. The van der Waals surface area contributed by atoms with Crippen molar-refractivity contribution in [2.75, 3.05) is 0 Å². The monoisotopic (exact) mass is 218 g/mol. The molecule has 1 fully saturated rings. The van der Waals surface area contributed by atoms with Gasteiger partial charge < -0.3 is 5.11 Å². The molecule has 1 atom stereocenters. The van der Waals surface area contributed by atoms with E-state index in [1.807, 2.05) is 0 Å². The summed E-state index contributed by atoms with van der Waals surface area (Å²) in [6.45, 7) is 0. The SMILES string of the molecule is OC1CC(C2C=CC(C(F)(F)F)=CC2)C1. The summed E-state index contributed by atoms with van der Waals surface area (Å²) in [6, 6.07) is 0. The Morgan fingerprint density at radius 3 is 2.33 bits per heavy atom. The quantitative estimate of drug-likeness (QED) is 0.717. The second kappa shape index (κ2) is 3.67. The zero-order valence-corrected chi connectivity index (χ0v) is 8.17. The molecule has 1 unspecified atom stereocenters.